The van der Waals surface area contributed by atoms with Crippen LogP contribution in [0.15, 0.2) is 18.3 Å². The molecule has 0 unspecified atom stereocenters. The summed E-state index contributed by atoms with van der Waals surface area (Å²) in [6.07, 6.45) is 3.62. The van der Waals surface area contributed by atoms with Crippen molar-refractivity contribution in [1.82, 2.24) is 10.3 Å². The molecule has 0 spiro atoms. The van der Waals surface area contributed by atoms with Gasteiger partial charge in [-0.15, -0.1) is 0 Å². The van der Waals surface area contributed by atoms with E-state index in [0.29, 0.717) is 12.2 Å². The van der Waals surface area contributed by atoms with E-state index in [1.165, 1.54) is 0 Å². The van der Waals surface area contributed by atoms with Gasteiger partial charge in [0.1, 0.15) is 5.69 Å². The molecule has 2 N–H and O–H groups in total. The highest BCUT2D eigenvalue weighted by Gasteiger charge is 2.22. The van der Waals surface area contributed by atoms with E-state index >= 15 is 0 Å². The fraction of sp³-hybridized carbons (Fsp3) is 0.533. The predicted octanol–water partition coefficient (Wildman–Crippen LogP) is 1.52. The van der Waals surface area contributed by atoms with Crippen LogP contribution in [-0.2, 0) is 4.79 Å². The molecule has 0 aliphatic carbocycles. The van der Waals surface area contributed by atoms with Gasteiger partial charge in [0.25, 0.3) is 5.91 Å². The zero-order valence-corrected chi connectivity index (χ0v) is 12.2. The van der Waals surface area contributed by atoms with Crippen molar-refractivity contribution in [3.05, 3.63) is 24.0 Å². The third kappa shape index (κ3) is 4.18. The second kappa shape index (κ2) is 7.06. The van der Waals surface area contributed by atoms with Gasteiger partial charge >= 0.3 is 5.97 Å². The van der Waals surface area contributed by atoms with Crippen LogP contribution in [0.2, 0.25) is 0 Å². The first kappa shape index (κ1) is 15.3. The van der Waals surface area contributed by atoms with Crippen molar-refractivity contribution < 1.29 is 14.7 Å². The second-order valence-electron chi connectivity index (χ2n) is 5.29. The van der Waals surface area contributed by atoms with E-state index in [1.807, 2.05) is 13.0 Å². The molecule has 1 saturated heterocycles. The van der Waals surface area contributed by atoms with E-state index in [9.17, 15) is 9.59 Å². The van der Waals surface area contributed by atoms with E-state index in [4.69, 9.17) is 5.11 Å². The molecule has 0 atom stereocenters. The predicted molar refractivity (Wildman–Crippen MR) is 79.4 cm³/mol. The zero-order chi connectivity index (χ0) is 15.2. The van der Waals surface area contributed by atoms with Gasteiger partial charge in [0.2, 0.25) is 0 Å². The molecule has 1 fully saturated rings. The van der Waals surface area contributed by atoms with Gasteiger partial charge in [0, 0.05) is 37.9 Å². The van der Waals surface area contributed by atoms with Gasteiger partial charge in [0.15, 0.2) is 0 Å². The van der Waals surface area contributed by atoms with E-state index in [-0.39, 0.29) is 18.2 Å². The molecule has 114 valence electrons. The number of carboxylic acid groups (broad SMARTS) is 1. The Bertz CT molecular complexity index is 511. The van der Waals surface area contributed by atoms with Gasteiger partial charge in [0.05, 0.1) is 0 Å². The van der Waals surface area contributed by atoms with Crippen LogP contribution in [-0.4, -0.2) is 41.6 Å². The van der Waals surface area contributed by atoms with E-state index < -0.39 is 5.97 Å². The number of carboxylic acids is 1. The van der Waals surface area contributed by atoms with Crippen molar-refractivity contribution in [3.63, 3.8) is 0 Å². The smallest absolute Gasteiger partial charge is 0.303 e. The number of pyridine rings is 1. The minimum atomic E-state index is -0.726. The van der Waals surface area contributed by atoms with Crippen molar-refractivity contribution in [2.45, 2.75) is 26.2 Å². The van der Waals surface area contributed by atoms with Crippen molar-refractivity contribution in [3.8, 4) is 0 Å². The van der Waals surface area contributed by atoms with E-state index in [1.54, 1.807) is 12.3 Å². The van der Waals surface area contributed by atoms with Crippen molar-refractivity contribution in [2.75, 3.05) is 24.5 Å². The van der Waals surface area contributed by atoms with Crippen LogP contribution in [0.5, 0.6) is 0 Å². The van der Waals surface area contributed by atoms with Gasteiger partial charge < -0.3 is 15.3 Å². The average Bonchev–Trinajstić information content (AvgIpc) is 2.48. The minimum absolute atomic E-state index is 0.167. The molecule has 2 heterocycles. The number of anilines is 1. The largest absolute Gasteiger partial charge is 0.481 e. The van der Waals surface area contributed by atoms with Gasteiger partial charge in [-0.25, -0.2) is 0 Å². The second-order valence-corrected chi connectivity index (χ2v) is 5.29. The fourth-order valence-electron chi connectivity index (χ4n) is 2.63. The lowest BCUT2D eigenvalue weighted by Crippen LogP contribution is -2.34. The SMILES string of the molecule is CCNC(=O)c1cc(N2CCC(CC(=O)O)CC2)ccn1. The highest BCUT2D eigenvalue weighted by Crippen LogP contribution is 2.25. The summed E-state index contributed by atoms with van der Waals surface area (Å²) >= 11 is 0. The minimum Gasteiger partial charge on any atom is -0.481 e. The summed E-state index contributed by atoms with van der Waals surface area (Å²) in [7, 11) is 0. The van der Waals surface area contributed by atoms with Crippen molar-refractivity contribution in [2.24, 2.45) is 5.92 Å². The molecule has 21 heavy (non-hydrogen) atoms. The van der Waals surface area contributed by atoms with Crippen LogP contribution in [0, 0.1) is 5.92 Å². The molecular weight excluding hydrogens is 270 g/mol. The first-order valence-electron chi connectivity index (χ1n) is 7.31. The highest BCUT2D eigenvalue weighted by molar-refractivity contribution is 5.93. The summed E-state index contributed by atoms with van der Waals surface area (Å²) in [5, 5.41) is 11.6. The van der Waals surface area contributed by atoms with Gasteiger partial charge in [-0.3, -0.25) is 14.6 Å². The topological polar surface area (TPSA) is 82.5 Å². The maximum atomic E-state index is 11.8. The van der Waals surface area contributed by atoms with Gasteiger partial charge in [-0.2, -0.15) is 0 Å². The zero-order valence-electron chi connectivity index (χ0n) is 12.2. The molecule has 1 aliphatic rings. The molecule has 0 aromatic carbocycles. The third-order valence-electron chi connectivity index (χ3n) is 3.76. The highest BCUT2D eigenvalue weighted by atomic mass is 16.4. The lowest BCUT2D eigenvalue weighted by Gasteiger charge is -2.33. The number of carbonyl (C=O) groups excluding carboxylic acids is 1. The average molecular weight is 291 g/mol. The number of hydrogen-bond donors (Lipinski definition) is 2. The number of rotatable bonds is 5. The quantitative estimate of drug-likeness (QED) is 0.859. The maximum Gasteiger partial charge on any atom is 0.303 e. The number of carbonyl (C=O) groups is 2. The standard InChI is InChI=1S/C15H21N3O3/c1-2-16-15(21)13-10-12(3-6-17-13)18-7-4-11(5-8-18)9-14(19)20/h3,6,10-11H,2,4-5,7-9H2,1H3,(H,16,21)(H,19,20). The van der Waals surface area contributed by atoms with Crippen molar-refractivity contribution >= 4 is 17.6 Å². The summed E-state index contributed by atoms with van der Waals surface area (Å²) in [5.74, 6) is -0.639. The Balaban J connectivity index is 1.98. The molecule has 6 nitrogen and oxygen atoms in total. The molecule has 1 amide bonds. The molecular formula is C15H21N3O3. The third-order valence-corrected chi connectivity index (χ3v) is 3.76. The summed E-state index contributed by atoms with van der Waals surface area (Å²) in [5.41, 5.74) is 1.39. The molecule has 1 aromatic heterocycles. The Morgan fingerprint density at radius 1 is 1.43 bits per heavy atom. The number of hydrogen-bond acceptors (Lipinski definition) is 4. The van der Waals surface area contributed by atoms with Crippen LogP contribution in [0.25, 0.3) is 0 Å². The Morgan fingerprint density at radius 2 is 2.14 bits per heavy atom. The number of aromatic nitrogens is 1. The normalized spacial score (nSPS) is 15.8. The Hall–Kier alpha value is -2.11. The number of nitrogens with one attached hydrogen (secondary N) is 1. The molecule has 0 bridgehead atoms. The van der Waals surface area contributed by atoms with Crippen LogP contribution in [0.3, 0.4) is 0 Å². The van der Waals surface area contributed by atoms with E-state index in [0.717, 1.165) is 31.6 Å². The molecule has 1 aliphatic heterocycles. The maximum absolute atomic E-state index is 11.8. The number of nitrogens with zero attached hydrogens (tertiary/aromatic N) is 2. The number of amides is 1. The summed E-state index contributed by atoms with van der Waals surface area (Å²) in [6, 6.07) is 3.68. The first-order valence-corrected chi connectivity index (χ1v) is 7.31. The van der Waals surface area contributed by atoms with Gasteiger partial charge in [-0.05, 0) is 37.8 Å². The fourth-order valence-corrected chi connectivity index (χ4v) is 2.63. The first-order chi connectivity index (χ1) is 10.1. The number of piperidine rings is 1. The molecule has 6 heteroatoms. The van der Waals surface area contributed by atoms with Crippen molar-refractivity contribution in [1.29, 1.82) is 0 Å². The lowest BCUT2D eigenvalue weighted by molar-refractivity contribution is -0.138. The van der Waals surface area contributed by atoms with E-state index in [2.05, 4.69) is 15.2 Å². The van der Waals surface area contributed by atoms with Crippen LogP contribution < -0.4 is 10.2 Å². The Labute approximate surface area is 124 Å². The lowest BCUT2D eigenvalue weighted by atomic mass is 9.93. The Morgan fingerprint density at radius 3 is 2.76 bits per heavy atom. The summed E-state index contributed by atoms with van der Waals surface area (Å²) < 4.78 is 0. The summed E-state index contributed by atoms with van der Waals surface area (Å²) in [4.78, 5) is 28.8. The summed E-state index contributed by atoms with van der Waals surface area (Å²) in [6.45, 7) is 4.08. The Kier molecular flexibility index (Phi) is 5.14. The molecule has 2 rings (SSSR count). The van der Waals surface area contributed by atoms with Crippen LogP contribution >= 0.6 is 0 Å². The van der Waals surface area contributed by atoms with Crippen LogP contribution in [0.1, 0.15) is 36.7 Å². The number of aliphatic carboxylic acids is 1. The molecule has 0 radical (unpaired) electrons. The van der Waals surface area contributed by atoms with Gasteiger partial charge in [-0.1, -0.05) is 0 Å². The molecule has 0 saturated carbocycles. The van der Waals surface area contributed by atoms with Crippen LogP contribution in [0.4, 0.5) is 5.69 Å². The monoisotopic (exact) mass is 291 g/mol. The molecule has 1 aromatic rings.